The Labute approximate surface area is 165 Å². The zero-order valence-electron chi connectivity index (χ0n) is 15.9. The monoisotopic (exact) mass is 409 g/mol. The van der Waals surface area contributed by atoms with E-state index < -0.39 is 28.6 Å². The second kappa shape index (κ2) is 9.50. The molecule has 0 radical (unpaired) electrons. The number of nitrogens with one attached hydrogen (secondary N) is 1. The Morgan fingerprint density at radius 1 is 1.24 bits per heavy atom. The van der Waals surface area contributed by atoms with Gasteiger partial charge in [-0.2, -0.15) is 0 Å². The highest BCUT2D eigenvalue weighted by atomic mass is 16.6. The first kappa shape index (κ1) is 21.6. The van der Waals surface area contributed by atoms with Gasteiger partial charge in [0.2, 0.25) is 0 Å². The molecule has 0 unspecified atom stereocenters. The lowest BCUT2D eigenvalue weighted by atomic mass is 10.1. The fraction of sp³-hybridized carbons (Fsp3) is 0.353. The molecular formula is C17H19N3O9. The molecule has 0 bridgehead atoms. The number of carbonyl (C=O) groups excluding carboxylic acids is 3. The summed E-state index contributed by atoms with van der Waals surface area (Å²) in [5.74, 6) is -1.64. The molecule has 1 N–H and O–H groups in total. The molecular weight excluding hydrogens is 390 g/mol. The summed E-state index contributed by atoms with van der Waals surface area (Å²) in [6.45, 7) is 1.31. The van der Waals surface area contributed by atoms with Crippen LogP contribution in [0.2, 0.25) is 0 Å². The lowest BCUT2D eigenvalue weighted by molar-refractivity contribution is -0.383. The molecule has 1 aliphatic heterocycles. The summed E-state index contributed by atoms with van der Waals surface area (Å²) in [5.41, 5.74) is -0.655. The lowest BCUT2D eigenvalue weighted by Gasteiger charge is -2.31. The number of ether oxygens (including phenoxy) is 4. The quantitative estimate of drug-likeness (QED) is 0.318. The van der Waals surface area contributed by atoms with Crippen LogP contribution < -0.4 is 10.2 Å². The predicted octanol–water partition coefficient (Wildman–Crippen LogP) is 1.56. The van der Waals surface area contributed by atoms with E-state index in [1.54, 1.807) is 6.92 Å². The van der Waals surface area contributed by atoms with Gasteiger partial charge < -0.3 is 23.8 Å². The largest absolute Gasteiger partial charge is 0.466 e. The molecule has 1 aliphatic rings. The number of rotatable bonds is 6. The summed E-state index contributed by atoms with van der Waals surface area (Å²) in [6, 6.07) is 3.79. The van der Waals surface area contributed by atoms with Crippen molar-refractivity contribution in [3.63, 3.8) is 0 Å². The summed E-state index contributed by atoms with van der Waals surface area (Å²) >= 11 is 0. The van der Waals surface area contributed by atoms with Gasteiger partial charge in [-0.05, 0) is 19.1 Å². The molecule has 0 saturated carbocycles. The van der Waals surface area contributed by atoms with Crippen LogP contribution in [0.3, 0.4) is 0 Å². The van der Waals surface area contributed by atoms with Crippen molar-refractivity contribution in [3.8, 4) is 0 Å². The predicted molar refractivity (Wildman–Crippen MR) is 98.1 cm³/mol. The Hall–Kier alpha value is -3.67. The Morgan fingerprint density at radius 3 is 2.52 bits per heavy atom. The number of esters is 2. The third-order valence-corrected chi connectivity index (χ3v) is 3.83. The molecule has 156 valence electrons. The summed E-state index contributed by atoms with van der Waals surface area (Å²) in [7, 11) is 2.27. The first-order valence-electron chi connectivity index (χ1n) is 8.31. The molecule has 1 heterocycles. The number of nitro benzene ring substituents is 1. The van der Waals surface area contributed by atoms with Gasteiger partial charge in [-0.3, -0.25) is 15.4 Å². The fourth-order valence-corrected chi connectivity index (χ4v) is 2.57. The van der Waals surface area contributed by atoms with Gasteiger partial charge in [-0.1, -0.05) is 0 Å². The molecule has 0 saturated heterocycles. The molecule has 0 spiro atoms. The van der Waals surface area contributed by atoms with Crippen LogP contribution in [-0.4, -0.2) is 57.1 Å². The second-order valence-corrected chi connectivity index (χ2v) is 5.52. The number of anilines is 2. The van der Waals surface area contributed by atoms with E-state index in [9.17, 15) is 24.5 Å². The molecule has 0 aromatic heterocycles. The van der Waals surface area contributed by atoms with E-state index in [2.05, 4.69) is 10.1 Å². The molecule has 0 atom stereocenters. The van der Waals surface area contributed by atoms with Crippen LogP contribution in [0.5, 0.6) is 0 Å². The van der Waals surface area contributed by atoms with E-state index >= 15 is 0 Å². The van der Waals surface area contributed by atoms with Gasteiger partial charge in [-0.25, -0.2) is 14.4 Å². The minimum absolute atomic E-state index is 0.0897. The van der Waals surface area contributed by atoms with Gasteiger partial charge >= 0.3 is 18.0 Å². The molecule has 29 heavy (non-hydrogen) atoms. The second-order valence-electron chi connectivity index (χ2n) is 5.52. The van der Waals surface area contributed by atoms with E-state index in [4.69, 9.17) is 14.2 Å². The van der Waals surface area contributed by atoms with Gasteiger partial charge in [0, 0.05) is 6.07 Å². The zero-order valence-corrected chi connectivity index (χ0v) is 15.9. The van der Waals surface area contributed by atoms with Crippen LogP contribution in [0.15, 0.2) is 29.5 Å². The average molecular weight is 409 g/mol. The normalized spacial score (nSPS) is 13.6. The van der Waals surface area contributed by atoms with Gasteiger partial charge in [0.25, 0.3) is 5.69 Å². The Bertz CT molecular complexity index is 866. The molecule has 1 aromatic rings. The molecule has 12 heteroatoms. The molecule has 1 amide bonds. The van der Waals surface area contributed by atoms with Crippen molar-refractivity contribution in [3.05, 3.63) is 39.6 Å². The zero-order chi connectivity index (χ0) is 21.6. The minimum atomic E-state index is -0.854. The van der Waals surface area contributed by atoms with Gasteiger partial charge in [0.1, 0.15) is 18.1 Å². The molecule has 0 aliphatic carbocycles. The third kappa shape index (κ3) is 4.79. The van der Waals surface area contributed by atoms with E-state index in [0.717, 1.165) is 20.3 Å². The van der Waals surface area contributed by atoms with Crippen LogP contribution >= 0.6 is 0 Å². The Balaban J connectivity index is 2.52. The number of hydrogen-bond donors (Lipinski definition) is 1. The van der Waals surface area contributed by atoms with Gasteiger partial charge in [0.15, 0.2) is 0 Å². The third-order valence-electron chi connectivity index (χ3n) is 3.83. The number of carbonyl (C=O) groups is 3. The van der Waals surface area contributed by atoms with Crippen molar-refractivity contribution in [1.82, 2.24) is 0 Å². The number of nitrogens with zero attached hydrogens (tertiary/aromatic N) is 2. The summed E-state index contributed by atoms with van der Waals surface area (Å²) in [5, 5.41) is 13.7. The average Bonchev–Trinajstić information content (AvgIpc) is 2.72. The first-order valence-corrected chi connectivity index (χ1v) is 8.31. The minimum Gasteiger partial charge on any atom is -0.466 e. The van der Waals surface area contributed by atoms with Crippen molar-refractivity contribution < 1.29 is 38.3 Å². The summed E-state index contributed by atoms with van der Waals surface area (Å²) in [4.78, 5) is 47.9. The van der Waals surface area contributed by atoms with Crippen molar-refractivity contribution >= 4 is 35.1 Å². The Kier molecular flexibility index (Phi) is 7.09. The number of benzene rings is 1. The van der Waals surface area contributed by atoms with Crippen LogP contribution in [-0.2, 0) is 28.5 Å². The standard InChI is InChI=1S/C17H19N3O9/c1-4-29-17(23)18-12-6-5-10(7-13(12)20(24)25)19-9-28-8-11(15(21)26-2)14(19)16(22)27-3/h5-7H,4,8-9H2,1-3H3,(H,18,23). The van der Waals surface area contributed by atoms with E-state index in [1.807, 2.05) is 0 Å². The molecule has 12 nitrogen and oxygen atoms in total. The number of nitro groups is 1. The highest BCUT2D eigenvalue weighted by Gasteiger charge is 2.33. The maximum atomic E-state index is 12.3. The van der Waals surface area contributed by atoms with Crippen molar-refractivity contribution in [2.75, 3.05) is 44.4 Å². The van der Waals surface area contributed by atoms with E-state index in [-0.39, 0.29) is 42.6 Å². The lowest BCUT2D eigenvalue weighted by Crippen LogP contribution is -2.38. The molecule has 0 fully saturated rings. The highest BCUT2D eigenvalue weighted by molar-refractivity contribution is 6.03. The number of hydrogen-bond acceptors (Lipinski definition) is 10. The van der Waals surface area contributed by atoms with Gasteiger partial charge in [-0.15, -0.1) is 0 Å². The van der Waals surface area contributed by atoms with Crippen LogP contribution in [0.1, 0.15) is 6.92 Å². The summed E-state index contributed by atoms with van der Waals surface area (Å²) in [6.07, 6.45) is -0.854. The number of methoxy groups -OCH3 is 2. The van der Waals surface area contributed by atoms with Crippen LogP contribution in [0.4, 0.5) is 21.9 Å². The highest BCUT2D eigenvalue weighted by Crippen LogP contribution is 2.33. The van der Waals surface area contributed by atoms with Crippen LogP contribution in [0, 0.1) is 10.1 Å². The summed E-state index contributed by atoms with van der Waals surface area (Å²) < 4.78 is 19.4. The SMILES string of the molecule is CCOC(=O)Nc1ccc(N2COCC(C(=O)OC)=C2C(=O)OC)cc1[N+](=O)[O-]. The smallest absolute Gasteiger partial charge is 0.411 e. The van der Waals surface area contributed by atoms with Crippen molar-refractivity contribution in [1.29, 1.82) is 0 Å². The maximum absolute atomic E-state index is 12.3. The first-order chi connectivity index (χ1) is 13.8. The molecule has 1 aromatic carbocycles. The van der Waals surface area contributed by atoms with Crippen molar-refractivity contribution in [2.45, 2.75) is 6.92 Å². The van der Waals surface area contributed by atoms with Crippen molar-refractivity contribution in [2.24, 2.45) is 0 Å². The maximum Gasteiger partial charge on any atom is 0.411 e. The van der Waals surface area contributed by atoms with Gasteiger partial charge in [0.05, 0.1) is 43.6 Å². The van der Waals surface area contributed by atoms with Crippen LogP contribution in [0.25, 0.3) is 0 Å². The fourth-order valence-electron chi connectivity index (χ4n) is 2.57. The van der Waals surface area contributed by atoms with E-state index in [0.29, 0.717) is 0 Å². The van der Waals surface area contributed by atoms with E-state index in [1.165, 1.54) is 17.0 Å². The topological polar surface area (TPSA) is 147 Å². The molecule has 2 rings (SSSR count). The Morgan fingerprint density at radius 2 is 1.93 bits per heavy atom. The number of amides is 1.